The largest absolute Gasteiger partial charge is 0.496 e. The topological polar surface area (TPSA) is 88.4 Å². The van der Waals surface area contributed by atoms with Crippen LogP contribution in [0, 0.1) is 0 Å². The van der Waals surface area contributed by atoms with E-state index in [2.05, 4.69) is 0 Å². The molecule has 0 radical (unpaired) electrons. The Morgan fingerprint density at radius 2 is 0.639 bits per heavy atom. The minimum atomic E-state index is -1.18. The summed E-state index contributed by atoms with van der Waals surface area (Å²) < 4.78 is 17.5. The molecule has 0 aliphatic heterocycles. The second-order valence-electron chi connectivity index (χ2n) is 8.28. The SMILES string of the molecule is COc1c(C(O)c2ccccc2)c(OC)c(C(O)c2ccccc2)c(OC)c1C(O)c1ccccc1. The quantitative estimate of drug-likeness (QED) is 0.310. The van der Waals surface area contributed by atoms with Crippen LogP contribution in [0.2, 0.25) is 0 Å². The van der Waals surface area contributed by atoms with Crippen LogP contribution >= 0.6 is 0 Å². The molecule has 36 heavy (non-hydrogen) atoms. The first-order valence-corrected chi connectivity index (χ1v) is 11.6. The molecule has 0 bridgehead atoms. The van der Waals surface area contributed by atoms with Crippen molar-refractivity contribution in [3.05, 3.63) is 124 Å². The zero-order valence-electron chi connectivity index (χ0n) is 20.5. The number of hydrogen-bond donors (Lipinski definition) is 3. The molecule has 0 aromatic heterocycles. The Hall–Kier alpha value is -3.84. The van der Waals surface area contributed by atoms with Gasteiger partial charge >= 0.3 is 0 Å². The lowest BCUT2D eigenvalue weighted by Gasteiger charge is -2.29. The van der Waals surface area contributed by atoms with Gasteiger partial charge in [0.05, 0.1) is 38.0 Å². The maximum atomic E-state index is 11.6. The van der Waals surface area contributed by atoms with Crippen molar-refractivity contribution < 1.29 is 29.5 Å². The van der Waals surface area contributed by atoms with E-state index in [1.165, 1.54) is 21.3 Å². The molecule has 0 saturated carbocycles. The van der Waals surface area contributed by atoms with Gasteiger partial charge in [0.1, 0.15) is 35.6 Å². The summed E-state index contributed by atoms with van der Waals surface area (Å²) in [7, 11) is 4.39. The van der Waals surface area contributed by atoms with Crippen LogP contribution in [0.5, 0.6) is 17.2 Å². The van der Waals surface area contributed by atoms with Crippen LogP contribution < -0.4 is 14.2 Å². The third-order valence-corrected chi connectivity index (χ3v) is 6.25. The summed E-state index contributed by atoms with van der Waals surface area (Å²) in [4.78, 5) is 0. The minimum Gasteiger partial charge on any atom is -0.496 e. The van der Waals surface area contributed by atoms with E-state index in [0.29, 0.717) is 16.7 Å². The highest BCUT2D eigenvalue weighted by Crippen LogP contribution is 2.53. The lowest BCUT2D eigenvalue weighted by Crippen LogP contribution is -2.16. The van der Waals surface area contributed by atoms with Gasteiger partial charge in [-0.2, -0.15) is 0 Å². The predicted molar refractivity (Wildman–Crippen MR) is 138 cm³/mol. The molecular weight excluding hydrogens is 456 g/mol. The number of aliphatic hydroxyl groups is 3. The van der Waals surface area contributed by atoms with Crippen molar-refractivity contribution in [3.63, 3.8) is 0 Å². The van der Waals surface area contributed by atoms with Crippen molar-refractivity contribution in [2.75, 3.05) is 21.3 Å². The first-order valence-electron chi connectivity index (χ1n) is 11.6. The van der Waals surface area contributed by atoms with Gasteiger partial charge in [0.2, 0.25) is 0 Å². The second kappa shape index (κ2) is 11.3. The molecule has 4 aromatic carbocycles. The van der Waals surface area contributed by atoms with Crippen LogP contribution in [-0.4, -0.2) is 36.6 Å². The Balaban J connectivity index is 2.09. The van der Waals surface area contributed by atoms with E-state index in [9.17, 15) is 15.3 Å². The van der Waals surface area contributed by atoms with Gasteiger partial charge in [0, 0.05) is 0 Å². The summed E-state index contributed by atoms with van der Waals surface area (Å²) in [5.74, 6) is 0.626. The summed E-state index contributed by atoms with van der Waals surface area (Å²) in [6.45, 7) is 0. The van der Waals surface area contributed by atoms with Crippen molar-refractivity contribution in [2.45, 2.75) is 18.3 Å². The van der Waals surface area contributed by atoms with Crippen LogP contribution in [0.15, 0.2) is 91.0 Å². The first-order chi connectivity index (χ1) is 17.5. The zero-order chi connectivity index (χ0) is 25.7. The number of rotatable bonds is 9. The molecule has 186 valence electrons. The van der Waals surface area contributed by atoms with Crippen molar-refractivity contribution in [1.82, 2.24) is 0 Å². The number of benzene rings is 4. The smallest absolute Gasteiger partial charge is 0.138 e. The van der Waals surface area contributed by atoms with E-state index in [0.717, 1.165) is 0 Å². The van der Waals surface area contributed by atoms with Crippen molar-refractivity contribution in [1.29, 1.82) is 0 Å². The van der Waals surface area contributed by atoms with Gasteiger partial charge in [0.15, 0.2) is 0 Å². The van der Waals surface area contributed by atoms with Crippen LogP contribution in [0.3, 0.4) is 0 Å². The van der Waals surface area contributed by atoms with Gasteiger partial charge in [-0.1, -0.05) is 91.0 Å². The monoisotopic (exact) mass is 486 g/mol. The standard InChI is InChI=1S/C30H30O6/c1-34-28-22(25(31)19-13-7-4-8-14-19)29(35-2)24(27(33)21-17-11-6-12-18-21)30(36-3)23(28)26(32)20-15-9-5-10-16-20/h4-18,25-27,31-33H,1-3H3. The molecule has 6 heteroatoms. The molecule has 4 rings (SSSR count). The van der Waals surface area contributed by atoms with E-state index in [1.807, 2.05) is 54.6 Å². The summed E-state index contributed by atoms with van der Waals surface area (Å²) in [6.07, 6.45) is -3.53. The predicted octanol–water partition coefficient (Wildman–Crippen LogP) is 4.96. The molecule has 0 fully saturated rings. The molecule has 0 aliphatic rings. The van der Waals surface area contributed by atoms with E-state index >= 15 is 0 Å². The fourth-order valence-electron chi connectivity index (χ4n) is 4.56. The van der Waals surface area contributed by atoms with Gasteiger partial charge < -0.3 is 29.5 Å². The lowest BCUT2D eigenvalue weighted by molar-refractivity contribution is 0.183. The number of ether oxygens (including phenoxy) is 3. The lowest BCUT2D eigenvalue weighted by atomic mass is 9.86. The summed E-state index contributed by atoms with van der Waals surface area (Å²) in [6, 6.07) is 27.2. The number of aliphatic hydroxyl groups excluding tert-OH is 3. The van der Waals surface area contributed by atoms with Gasteiger partial charge in [-0.15, -0.1) is 0 Å². The van der Waals surface area contributed by atoms with Crippen LogP contribution in [-0.2, 0) is 0 Å². The van der Waals surface area contributed by atoms with Gasteiger partial charge in [-0.25, -0.2) is 0 Å². The Morgan fingerprint density at radius 3 is 0.833 bits per heavy atom. The highest BCUT2D eigenvalue weighted by molar-refractivity contribution is 5.68. The molecule has 3 atom stereocenters. The maximum Gasteiger partial charge on any atom is 0.138 e. The van der Waals surface area contributed by atoms with E-state index in [4.69, 9.17) is 14.2 Å². The van der Waals surface area contributed by atoms with E-state index < -0.39 is 18.3 Å². The molecule has 3 N–H and O–H groups in total. The molecule has 0 heterocycles. The average molecular weight is 487 g/mol. The molecule has 4 aromatic rings. The Bertz CT molecular complexity index is 1090. The van der Waals surface area contributed by atoms with Gasteiger partial charge in [0.25, 0.3) is 0 Å². The van der Waals surface area contributed by atoms with Crippen molar-refractivity contribution >= 4 is 0 Å². The van der Waals surface area contributed by atoms with Gasteiger partial charge in [-0.3, -0.25) is 0 Å². The zero-order valence-corrected chi connectivity index (χ0v) is 20.5. The molecular formula is C30H30O6. The third kappa shape index (κ3) is 4.66. The van der Waals surface area contributed by atoms with E-state index in [1.54, 1.807) is 36.4 Å². The average Bonchev–Trinajstić information content (AvgIpc) is 2.95. The highest BCUT2D eigenvalue weighted by Gasteiger charge is 2.36. The first kappa shape index (κ1) is 25.3. The molecule has 0 amide bonds. The summed E-state index contributed by atoms with van der Waals surface area (Å²) >= 11 is 0. The highest BCUT2D eigenvalue weighted by atomic mass is 16.5. The molecule has 3 unspecified atom stereocenters. The van der Waals surface area contributed by atoms with Crippen molar-refractivity contribution in [2.24, 2.45) is 0 Å². The van der Waals surface area contributed by atoms with E-state index in [-0.39, 0.29) is 33.9 Å². The maximum absolute atomic E-state index is 11.6. The Labute approximate surface area is 211 Å². The van der Waals surface area contributed by atoms with Crippen LogP contribution in [0.25, 0.3) is 0 Å². The Kier molecular flexibility index (Phi) is 7.90. The molecule has 0 saturated heterocycles. The minimum absolute atomic E-state index is 0.209. The van der Waals surface area contributed by atoms with Crippen molar-refractivity contribution in [3.8, 4) is 17.2 Å². The second-order valence-corrected chi connectivity index (χ2v) is 8.28. The molecule has 6 nitrogen and oxygen atoms in total. The fraction of sp³-hybridized carbons (Fsp3) is 0.200. The van der Waals surface area contributed by atoms with Crippen LogP contribution in [0.4, 0.5) is 0 Å². The van der Waals surface area contributed by atoms with Gasteiger partial charge in [-0.05, 0) is 16.7 Å². The third-order valence-electron chi connectivity index (χ3n) is 6.25. The normalized spacial score (nSPS) is 13.5. The number of methoxy groups -OCH3 is 3. The van der Waals surface area contributed by atoms with Crippen LogP contribution in [0.1, 0.15) is 51.7 Å². The summed E-state index contributed by atoms with van der Waals surface area (Å²) in [5, 5.41) is 34.7. The Morgan fingerprint density at radius 1 is 0.417 bits per heavy atom. The summed E-state index contributed by atoms with van der Waals surface area (Å²) in [5.41, 5.74) is 2.63. The fourth-order valence-corrected chi connectivity index (χ4v) is 4.56. The molecule has 0 spiro atoms. The molecule has 0 aliphatic carbocycles. The number of hydrogen-bond acceptors (Lipinski definition) is 6.